The predicted molar refractivity (Wildman–Crippen MR) is 67.8 cm³/mol. The number of nitrogens with two attached hydrogens (primary N) is 1. The third-order valence-corrected chi connectivity index (χ3v) is 3.66. The number of hydrogen-bond donors (Lipinski definition) is 1. The van der Waals surface area contributed by atoms with Crippen LogP contribution in [0.4, 0.5) is 4.39 Å². The smallest absolute Gasteiger partial charge is 0.133 e. The summed E-state index contributed by atoms with van der Waals surface area (Å²) in [4.78, 5) is 4.31. The van der Waals surface area contributed by atoms with Crippen LogP contribution >= 0.6 is 27.3 Å². The molecule has 16 heavy (non-hydrogen) atoms. The van der Waals surface area contributed by atoms with Gasteiger partial charge >= 0.3 is 0 Å². The van der Waals surface area contributed by atoms with Crippen LogP contribution in [0.2, 0.25) is 0 Å². The number of nitrogens with zero attached hydrogens (tertiary/aromatic N) is 1. The van der Waals surface area contributed by atoms with Gasteiger partial charge in [0.15, 0.2) is 0 Å². The van der Waals surface area contributed by atoms with Crippen molar-refractivity contribution < 1.29 is 4.39 Å². The molecule has 0 aliphatic heterocycles. The fourth-order valence-corrected chi connectivity index (χ4v) is 2.43. The van der Waals surface area contributed by atoms with E-state index in [1.807, 2.05) is 12.3 Å². The van der Waals surface area contributed by atoms with E-state index in [0.29, 0.717) is 11.3 Å². The molecule has 84 valence electrons. The van der Waals surface area contributed by atoms with Crippen LogP contribution in [0.3, 0.4) is 0 Å². The molecule has 1 heterocycles. The first-order chi connectivity index (χ1) is 7.58. The van der Waals surface area contributed by atoms with E-state index < -0.39 is 0 Å². The van der Waals surface area contributed by atoms with Crippen molar-refractivity contribution in [2.45, 2.75) is 13.0 Å². The summed E-state index contributed by atoms with van der Waals surface area (Å²) in [5.41, 5.74) is 6.86. The van der Waals surface area contributed by atoms with Gasteiger partial charge in [0.2, 0.25) is 0 Å². The Kier molecular flexibility index (Phi) is 3.37. The third-order valence-electron chi connectivity index (χ3n) is 2.12. The first-order valence-corrected chi connectivity index (χ1v) is 6.41. The van der Waals surface area contributed by atoms with Gasteiger partial charge in [-0.15, -0.1) is 11.3 Å². The van der Waals surface area contributed by atoms with Gasteiger partial charge in [-0.25, -0.2) is 9.37 Å². The third kappa shape index (κ3) is 2.31. The molecule has 2 rings (SSSR count). The summed E-state index contributed by atoms with van der Waals surface area (Å²) in [6, 6.07) is 4.82. The van der Waals surface area contributed by atoms with Crippen LogP contribution in [-0.4, -0.2) is 4.98 Å². The first kappa shape index (κ1) is 11.7. The SMILES string of the molecule is CC(N)c1nc(-c2ccc(Br)cc2F)cs1. The highest BCUT2D eigenvalue weighted by Gasteiger charge is 2.11. The van der Waals surface area contributed by atoms with Crippen LogP contribution in [0, 0.1) is 5.82 Å². The van der Waals surface area contributed by atoms with E-state index in [1.165, 1.54) is 17.4 Å². The summed E-state index contributed by atoms with van der Waals surface area (Å²) in [5.74, 6) is -0.282. The molecule has 1 aromatic carbocycles. The molecule has 0 aliphatic rings. The number of benzene rings is 1. The van der Waals surface area contributed by atoms with Gasteiger partial charge in [-0.05, 0) is 25.1 Å². The maximum absolute atomic E-state index is 13.6. The molecule has 2 aromatic rings. The summed E-state index contributed by atoms with van der Waals surface area (Å²) in [5, 5.41) is 2.64. The molecule has 5 heteroatoms. The van der Waals surface area contributed by atoms with Crippen LogP contribution in [0.25, 0.3) is 11.3 Å². The Balaban J connectivity index is 2.42. The zero-order valence-corrected chi connectivity index (χ0v) is 11.0. The largest absolute Gasteiger partial charge is 0.322 e. The fourth-order valence-electron chi connectivity index (χ4n) is 1.32. The zero-order valence-electron chi connectivity index (χ0n) is 8.58. The average molecular weight is 301 g/mol. The molecule has 0 fully saturated rings. The van der Waals surface area contributed by atoms with E-state index in [-0.39, 0.29) is 11.9 Å². The molecule has 0 amide bonds. The van der Waals surface area contributed by atoms with Crippen molar-refractivity contribution in [2.24, 2.45) is 5.73 Å². The standard InChI is InChI=1S/C11H10BrFN2S/c1-6(14)11-15-10(5-16-11)8-3-2-7(12)4-9(8)13/h2-6H,14H2,1H3. The minimum Gasteiger partial charge on any atom is -0.322 e. The molecular formula is C11H10BrFN2S. The lowest BCUT2D eigenvalue weighted by Crippen LogP contribution is -2.03. The van der Waals surface area contributed by atoms with E-state index in [4.69, 9.17) is 5.73 Å². The van der Waals surface area contributed by atoms with Crippen LogP contribution in [0.15, 0.2) is 28.1 Å². The van der Waals surface area contributed by atoms with Gasteiger partial charge in [0.1, 0.15) is 10.8 Å². The second kappa shape index (κ2) is 4.61. The molecule has 2 nitrogen and oxygen atoms in total. The molecule has 0 bridgehead atoms. The lowest BCUT2D eigenvalue weighted by atomic mass is 10.1. The Hall–Kier alpha value is -0.780. The second-order valence-electron chi connectivity index (χ2n) is 3.48. The average Bonchev–Trinajstić information content (AvgIpc) is 2.66. The lowest BCUT2D eigenvalue weighted by Gasteiger charge is -2.00. The summed E-state index contributed by atoms with van der Waals surface area (Å²) in [6.07, 6.45) is 0. The molecule has 1 aromatic heterocycles. The Morgan fingerprint density at radius 3 is 2.81 bits per heavy atom. The molecule has 0 radical (unpaired) electrons. The molecule has 0 aliphatic carbocycles. The van der Waals surface area contributed by atoms with Crippen LogP contribution in [0.5, 0.6) is 0 Å². The highest BCUT2D eigenvalue weighted by molar-refractivity contribution is 9.10. The maximum atomic E-state index is 13.6. The fraction of sp³-hybridized carbons (Fsp3) is 0.182. The van der Waals surface area contributed by atoms with Crippen LogP contribution < -0.4 is 5.73 Å². The van der Waals surface area contributed by atoms with Crippen LogP contribution in [-0.2, 0) is 0 Å². The van der Waals surface area contributed by atoms with Crippen molar-refractivity contribution in [2.75, 3.05) is 0 Å². The van der Waals surface area contributed by atoms with E-state index in [2.05, 4.69) is 20.9 Å². The molecule has 1 atom stereocenters. The number of halogens is 2. The Bertz CT molecular complexity index is 510. The summed E-state index contributed by atoms with van der Waals surface area (Å²) >= 11 is 4.67. The summed E-state index contributed by atoms with van der Waals surface area (Å²) in [6.45, 7) is 1.86. The van der Waals surface area contributed by atoms with E-state index in [9.17, 15) is 4.39 Å². The maximum Gasteiger partial charge on any atom is 0.133 e. The van der Waals surface area contributed by atoms with E-state index >= 15 is 0 Å². The highest BCUT2D eigenvalue weighted by Crippen LogP contribution is 2.28. The molecule has 1 unspecified atom stereocenters. The van der Waals surface area contributed by atoms with Gasteiger partial charge in [0.05, 0.1) is 11.7 Å². The Morgan fingerprint density at radius 1 is 1.50 bits per heavy atom. The van der Waals surface area contributed by atoms with Crippen molar-refractivity contribution in [3.8, 4) is 11.3 Å². The minimum absolute atomic E-state index is 0.114. The summed E-state index contributed by atoms with van der Waals surface area (Å²) < 4.78 is 14.4. The summed E-state index contributed by atoms with van der Waals surface area (Å²) in [7, 11) is 0. The highest BCUT2D eigenvalue weighted by atomic mass is 79.9. The number of hydrogen-bond acceptors (Lipinski definition) is 3. The number of rotatable bonds is 2. The van der Waals surface area contributed by atoms with Crippen LogP contribution in [0.1, 0.15) is 18.0 Å². The number of thiazole rings is 1. The lowest BCUT2D eigenvalue weighted by molar-refractivity contribution is 0.630. The van der Waals surface area contributed by atoms with Gasteiger partial charge in [0.25, 0.3) is 0 Å². The van der Waals surface area contributed by atoms with E-state index in [1.54, 1.807) is 12.1 Å². The second-order valence-corrected chi connectivity index (χ2v) is 5.29. The van der Waals surface area contributed by atoms with Gasteiger partial charge in [-0.2, -0.15) is 0 Å². The van der Waals surface area contributed by atoms with Crippen molar-refractivity contribution in [1.29, 1.82) is 0 Å². The van der Waals surface area contributed by atoms with Gasteiger partial charge < -0.3 is 5.73 Å². The Labute approximate surface area is 105 Å². The predicted octanol–water partition coefficient (Wildman–Crippen LogP) is 3.73. The van der Waals surface area contributed by atoms with Crippen molar-refractivity contribution in [1.82, 2.24) is 4.98 Å². The zero-order chi connectivity index (χ0) is 11.7. The quantitative estimate of drug-likeness (QED) is 0.918. The van der Waals surface area contributed by atoms with E-state index in [0.717, 1.165) is 9.48 Å². The first-order valence-electron chi connectivity index (χ1n) is 4.74. The topological polar surface area (TPSA) is 38.9 Å². The minimum atomic E-state index is -0.282. The van der Waals surface area contributed by atoms with Crippen molar-refractivity contribution in [3.05, 3.63) is 38.9 Å². The monoisotopic (exact) mass is 300 g/mol. The van der Waals surface area contributed by atoms with Gasteiger partial charge in [0, 0.05) is 15.4 Å². The molecular weight excluding hydrogens is 291 g/mol. The van der Waals surface area contributed by atoms with Crippen molar-refractivity contribution in [3.63, 3.8) is 0 Å². The molecule has 0 saturated heterocycles. The van der Waals surface area contributed by atoms with Gasteiger partial charge in [-0.3, -0.25) is 0 Å². The van der Waals surface area contributed by atoms with Gasteiger partial charge in [-0.1, -0.05) is 15.9 Å². The Morgan fingerprint density at radius 2 is 2.25 bits per heavy atom. The molecule has 0 spiro atoms. The number of aromatic nitrogens is 1. The van der Waals surface area contributed by atoms with Crippen molar-refractivity contribution >= 4 is 27.3 Å². The molecule has 0 saturated carbocycles. The molecule has 2 N–H and O–H groups in total. The normalized spacial score (nSPS) is 12.8.